The first-order valence-corrected chi connectivity index (χ1v) is 7.72. The molecule has 1 N–H and O–H groups in total. The first-order chi connectivity index (χ1) is 11.2. The Bertz CT molecular complexity index is 827. The van der Waals surface area contributed by atoms with Gasteiger partial charge in [0.1, 0.15) is 0 Å². The SMILES string of the molecule is Cc1ccc(CN2CCc3nc(C(F)(F)F)[nH]c(=O)c3C2)cc1C. The molecule has 4 nitrogen and oxygen atoms in total. The van der Waals surface area contributed by atoms with Crippen LogP contribution >= 0.6 is 0 Å². The quantitative estimate of drug-likeness (QED) is 0.917. The highest BCUT2D eigenvalue weighted by molar-refractivity contribution is 5.30. The fourth-order valence-electron chi connectivity index (χ4n) is 2.91. The minimum absolute atomic E-state index is 0.252. The molecule has 2 aromatic rings. The second-order valence-corrected chi connectivity index (χ2v) is 6.22. The maximum Gasteiger partial charge on any atom is 0.449 e. The van der Waals surface area contributed by atoms with Gasteiger partial charge in [-0.25, -0.2) is 4.98 Å². The summed E-state index contributed by atoms with van der Waals surface area (Å²) in [6, 6.07) is 6.18. The number of aromatic amines is 1. The number of nitrogens with zero attached hydrogens (tertiary/aromatic N) is 2. The number of hydrogen-bond donors (Lipinski definition) is 1. The summed E-state index contributed by atoms with van der Waals surface area (Å²) in [7, 11) is 0. The Morgan fingerprint density at radius 2 is 2.00 bits per heavy atom. The zero-order valence-corrected chi connectivity index (χ0v) is 13.5. The number of aromatic nitrogens is 2. The largest absolute Gasteiger partial charge is 0.449 e. The third-order valence-electron chi connectivity index (χ3n) is 4.39. The third-order valence-corrected chi connectivity index (χ3v) is 4.39. The molecule has 1 aromatic heterocycles. The van der Waals surface area contributed by atoms with Crippen molar-refractivity contribution < 1.29 is 13.2 Å². The van der Waals surface area contributed by atoms with Crippen LogP contribution in [-0.4, -0.2) is 21.4 Å². The normalized spacial score (nSPS) is 15.4. The number of halogens is 3. The van der Waals surface area contributed by atoms with Crippen molar-refractivity contribution in [1.29, 1.82) is 0 Å². The fraction of sp³-hybridized carbons (Fsp3) is 0.412. The predicted molar refractivity (Wildman–Crippen MR) is 83.6 cm³/mol. The molecule has 1 aliphatic rings. The van der Waals surface area contributed by atoms with Crippen molar-refractivity contribution in [3.05, 3.63) is 62.3 Å². The van der Waals surface area contributed by atoms with Crippen LogP contribution < -0.4 is 5.56 Å². The molecule has 2 heterocycles. The molecule has 0 radical (unpaired) electrons. The fourth-order valence-corrected chi connectivity index (χ4v) is 2.91. The molecule has 0 aliphatic carbocycles. The van der Waals surface area contributed by atoms with E-state index in [0.29, 0.717) is 31.6 Å². The molecule has 128 valence electrons. The van der Waals surface area contributed by atoms with Crippen molar-refractivity contribution in [2.24, 2.45) is 0 Å². The van der Waals surface area contributed by atoms with Gasteiger partial charge in [0.25, 0.3) is 5.56 Å². The average Bonchev–Trinajstić information content (AvgIpc) is 2.50. The maximum absolute atomic E-state index is 12.7. The number of fused-ring (bicyclic) bond motifs is 1. The lowest BCUT2D eigenvalue weighted by Crippen LogP contribution is -2.36. The molecule has 7 heteroatoms. The molecular formula is C17H18F3N3O. The van der Waals surface area contributed by atoms with Crippen LogP contribution in [0.4, 0.5) is 13.2 Å². The Balaban J connectivity index is 1.82. The van der Waals surface area contributed by atoms with Crippen molar-refractivity contribution in [2.75, 3.05) is 6.54 Å². The van der Waals surface area contributed by atoms with Crippen LogP contribution in [0.1, 0.15) is 33.8 Å². The summed E-state index contributed by atoms with van der Waals surface area (Å²) in [4.78, 5) is 19.5. The summed E-state index contributed by atoms with van der Waals surface area (Å²) < 4.78 is 38.2. The van der Waals surface area contributed by atoms with Gasteiger partial charge in [0.15, 0.2) is 0 Å². The Labute approximate surface area is 137 Å². The summed E-state index contributed by atoms with van der Waals surface area (Å²) >= 11 is 0. The number of alkyl halides is 3. The van der Waals surface area contributed by atoms with E-state index in [0.717, 1.165) is 5.56 Å². The molecule has 0 bridgehead atoms. The lowest BCUT2D eigenvalue weighted by Gasteiger charge is -2.28. The van der Waals surface area contributed by atoms with Crippen LogP contribution in [0.3, 0.4) is 0 Å². The Hall–Kier alpha value is -2.15. The highest BCUT2D eigenvalue weighted by atomic mass is 19.4. The van der Waals surface area contributed by atoms with Crippen molar-refractivity contribution >= 4 is 0 Å². The zero-order chi connectivity index (χ0) is 17.5. The topological polar surface area (TPSA) is 49.0 Å². The van der Waals surface area contributed by atoms with Gasteiger partial charge >= 0.3 is 6.18 Å². The van der Waals surface area contributed by atoms with Crippen molar-refractivity contribution in [3.63, 3.8) is 0 Å². The van der Waals surface area contributed by atoms with E-state index in [4.69, 9.17) is 0 Å². The van der Waals surface area contributed by atoms with Gasteiger partial charge in [0, 0.05) is 26.1 Å². The first-order valence-electron chi connectivity index (χ1n) is 7.72. The summed E-state index contributed by atoms with van der Waals surface area (Å²) in [5, 5.41) is 0. The van der Waals surface area contributed by atoms with Gasteiger partial charge in [0.05, 0.1) is 11.3 Å². The molecule has 0 atom stereocenters. The molecule has 0 amide bonds. The summed E-state index contributed by atoms with van der Waals surface area (Å²) in [5.74, 6) is -1.21. The minimum Gasteiger partial charge on any atom is -0.303 e. The van der Waals surface area contributed by atoms with Crippen LogP contribution in [0.25, 0.3) is 0 Å². The number of hydrogen-bond acceptors (Lipinski definition) is 3. The van der Waals surface area contributed by atoms with Crippen LogP contribution in [0, 0.1) is 13.8 Å². The number of H-pyrrole nitrogens is 1. The van der Waals surface area contributed by atoms with Gasteiger partial charge in [-0.05, 0) is 30.5 Å². The van der Waals surface area contributed by atoms with E-state index in [-0.39, 0.29) is 5.69 Å². The smallest absolute Gasteiger partial charge is 0.303 e. The molecule has 0 unspecified atom stereocenters. The van der Waals surface area contributed by atoms with E-state index in [1.54, 1.807) is 0 Å². The van der Waals surface area contributed by atoms with E-state index in [1.807, 2.05) is 31.0 Å². The lowest BCUT2D eigenvalue weighted by molar-refractivity contribution is -0.145. The third kappa shape index (κ3) is 3.36. The van der Waals surface area contributed by atoms with Crippen LogP contribution in [0.15, 0.2) is 23.0 Å². The summed E-state index contributed by atoms with van der Waals surface area (Å²) in [6.45, 7) is 5.62. The number of nitrogens with one attached hydrogen (secondary N) is 1. The lowest BCUT2D eigenvalue weighted by atomic mass is 10.0. The van der Waals surface area contributed by atoms with Crippen molar-refractivity contribution in [1.82, 2.24) is 14.9 Å². The molecule has 0 fully saturated rings. The highest BCUT2D eigenvalue weighted by Crippen LogP contribution is 2.26. The summed E-state index contributed by atoms with van der Waals surface area (Å²) in [5.41, 5.74) is 3.41. The highest BCUT2D eigenvalue weighted by Gasteiger charge is 2.35. The van der Waals surface area contributed by atoms with Crippen LogP contribution in [0.2, 0.25) is 0 Å². The maximum atomic E-state index is 12.7. The van der Waals surface area contributed by atoms with Gasteiger partial charge in [-0.3, -0.25) is 9.69 Å². The summed E-state index contributed by atoms with van der Waals surface area (Å²) in [6.07, 6.45) is -4.29. The number of aryl methyl sites for hydroxylation is 2. The van der Waals surface area contributed by atoms with E-state index >= 15 is 0 Å². The van der Waals surface area contributed by atoms with Crippen LogP contribution in [0.5, 0.6) is 0 Å². The van der Waals surface area contributed by atoms with E-state index < -0.39 is 17.6 Å². The van der Waals surface area contributed by atoms with Gasteiger partial charge in [-0.1, -0.05) is 18.2 Å². The van der Waals surface area contributed by atoms with Crippen molar-refractivity contribution in [2.45, 2.75) is 39.5 Å². The van der Waals surface area contributed by atoms with Gasteiger partial charge < -0.3 is 4.98 Å². The molecule has 1 aliphatic heterocycles. The molecule has 1 aromatic carbocycles. The molecule has 0 spiro atoms. The standard InChI is InChI=1S/C17H18F3N3O/c1-10-3-4-12(7-11(10)2)8-23-6-5-14-13(9-23)15(24)22-16(21-14)17(18,19)20/h3-4,7H,5-6,8-9H2,1-2H3,(H,21,22,24). The van der Waals surface area contributed by atoms with Gasteiger partial charge in [0.2, 0.25) is 5.82 Å². The average molecular weight is 337 g/mol. The molecule has 3 rings (SSSR count). The molecule has 0 saturated heterocycles. The minimum atomic E-state index is -4.63. The predicted octanol–water partition coefficient (Wildman–Crippen LogP) is 2.96. The second-order valence-electron chi connectivity index (χ2n) is 6.22. The number of benzene rings is 1. The van der Waals surface area contributed by atoms with E-state index in [2.05, 4.69) is 16.0 Å². The Morgan fingerprint density at radius 3 is 2.67 bits per heavy atom. The number of rotatable bonds is 2. The monoisotopic (exact) mass is 337 g/mol. The van der Waals surface area contributed by atoms with Gasteiger partial charge in [-0.2, -0.15) is 13.2 Å². The molecule has 0 saturated carbocycles. The molecule has 24 heavy (non-hydrogen) atoms. The van der Waals surface area contributed by atoms with Crippen molar-refractivity contribution in [3.8, 4) is 0 Å². The van der Waals surface area contributed by atoms with E-state index in [9.17, 15) is 18.0 Å². The zero-order valence-electron chi connectivity index (χ0n) is 13.5. The second kappa shape index (κ2) is 6.05. The Kier molecular flexibility index (Phi) is 4.21. The first kappa shape index (κ1) is 16.7. The van der Waals surface area contributed by atoms with E-state index in [1.165, 1.54) is 11.1 Å². The van der Waals surface area contributed by atoms with Gasteiger partial charge in [-0.15, -0.1) is 0 Å². The Morgan fingerprint density at radius 1 is 1.25 bits per heavy atom. The van der Waals surface area contributed by atoms with Crippen LogP contribution in [-0.2, 0) is 25.7 Å². The molecular weight excluding hydrogens is 319 g/mol.